The fourth-order valence-electron chi connectivity index (χ4n) is 3.10. The van der Waals surface area contributed by atoms with Crippen molar-refractivity contribution in [1.82, 2.24) is 9.80 Å². The number of piperidine rings is 2. The average molecular weight is 305 g/mol. The molecule has 0 aromatic heterocycles. The van der Waals surface area contributed by atoms with Gasteiger partial charge in [-0.05, 0) is 51.9 Å². The van der Waals surface area contributed by atoms with Crippen LogP contribution in [0.1, 0.15) is 32.1 Å². The molecule has 17 heavy (non-hydrogen) atoms. The molecule has 1 N–H and O–H groups in total. The maximum atomic E-state index is 9.63. The largest absolute Gasteiger partial charge is 0.391 e. The van der Waals surface area contributed by atoms with Gasteiger partial charge in [-0.2, -0.15) is 0 Å². The highest BCUT2D eigenvalue weighted by molar-refractivity contribution is 9.09. The second-order valence-electron chi connectivity index (χ2n) is 5.44. The fraction of sp³-hybridized carbons (Fsp3) is 1.00. The molecule has 1 unspecified atom stereocenters. The molecule has 0 aromatic carbocycles. The first-order chi connectivity index (χ1) is 8.29. The summed E-state index contributed by atoms with van der Waals surface area (Å²) in [6, 6.07) is 0.813. The summed E-state index contributed by atoms with van der Waals surface area (Å²) >= 11 is 3.33. The molecular weight excluding hydrogens is 280 g/mol. The summed E-state index contributed by atoms with van der Waals surface area (Å²) in [6.07, 6.45) is 6.57. The van der Waals surface area contributed by atoms with Gasteiger partial charge in [0.25, 0.3) is 0 Å². The Balaban J connectivity index is 1.70. The van der Waals surface area contributed by atoms with E-state index in [9.17, 15) is 5.11 Å². The van der Waals surface area contributed by atoms with E-state index >= 15 is 0 Å². The normalized spacial score (nSPS) is 27.2. The number of aliphatic hydroxyl groups is 1. The lowest BCUT2D eigenvalue weighted by Gasteiger charge is -2.40. The van der Waals surface area contributed by atoms with Crippen LogP contribution in [0.4, 0.5) is 0 Å². The molecule has 0 aromatic rings. The Hall–Kier alpha value is 0.360. The van der Waals surface area contributed by atoms with Gasteiger partial charge in [-0.1, -0.05) is 22.4 Å². The van der Waals surface area contributed by atoms with E-state index in [1.54, 1.807) is 0 Å². The highest BCUT2D eigenvalue weighted by Gasteiger charge is 2.25. The van der Waals surface area contributed by atoms with Crippen LogP contribution in [0.5, 0.6) is 0 Å². The minimum absolute atomic E-state index is 0.207. The number of nitrogens with zero attached hydrogens (tertiary/aromatic N) is 2. The molecule has 3 nitrogen and oxygen atoms in total. The van der Waals surface area contributed by atoms with Gasteiger partial charge in [0.2, 0.25) is 0 Å². The lowest BCUT2D eigenvalue weighted by atomic mass is 10.00. The number of β-amino-alcohol motifs (C(OH)–C–C–N with tert-alkyl or cyclic N) is 1. The molecule has 4 heteroatoms. The summed E-state index contributed by atoms with van der Waals surface area (Å²) in [5.74, 6) is 0. The molecule has 100 valence electrons. The molecule has 0 amide bonds. The van der Waals surface area contributed by atoms with Crippen molar-refractivity contribution in [2.45, 2.75) is 44.2 Å². The van der Waals surface area contributed by atoms with E-state index < -0.39 is 0 Å². The quantitative estimate of drug-likeness (QED) is 0.801. The number of hydrogen-bond donors (Lipinski definition) is 1. The average Bonchev–Trinajstić information content (AvgIpc) is 2.40. The smallest absolute Gasteiger partial charge is 0.0763 e. The molecular formula is C13H25BrN2O. The van der Waals surface area contributed by atoms with Crippen molar-refractivity contribution in [2.75, 3.05) is 38.1 Å². The van der Waals surface area contributed by atoms with Crippen LogP contribution in [0.2, 0.25) is 0 Å². The molecule has 0 aliphatic carbocycles. The Morgan fingerprint density at radius 1 is 1.06 bits per heavy atom. The van der Waals surface area contributed by atoms with Gasteiger partial charge in [0.05, 0.1) is 6.10 Å². The topological polar surface area (TPSA) is 26.7 Å². The van der Waals surface area contributed by atoms with Crippen LogP contribution in [0.3, 0.4) is 0 Å². The Morgan fingerprint density at radius 2 is 1.71 bits per heavy atom. The van der Waals surface area contributed by atoms with Crippen LogP contribution in [0.15, 0.2) is 0 Å². The fourth-order valence-corrected chi connectivity index (χ4v) is 3.30. The van der Waals surface area contributed by atoms with E-state index in [1.165, 1.54) is 45.2 Å². The summed E-state index contributed by atoms with van der Waals surface area (Å²) in [4.78, 5) is 5.11. The van der Waals surface area contributed by atoms with E-state index in [2.05, 4.69) is 25.7 Å². The van der Waals surface area contributed by atoms with E-state index in [1.807, 2.05) is 0 Å². The van der Waals surface area contributed by atoms with Gasteiger partial charge in [0.15, 0.2) is 0 Å². The Kier molecular flexibility index (Phi) is 5.74. The Labute approximate surface area is 113 Å². The molecule has 2 saturated heterocycles. The van der Waals surface area contributed by atoms with Crippen molar-refractivity contribution in [3.63, 3.8) is 0 Å². The summed E-state index contributed by atoms with van der Waals surface area (Å²) < 4.78 is 0. The van der Waals surface area contributed by atoms with Crippen molar-refractivity contribution in [2.24, 2.45) is 0 Å². The van der Waals surface area contributed by atoms with Gasteiger partial charge in [-0.15, -0.1) is 0 Å². The van der Waals surface area contributed by atoms with Gasteiger partial charge in [-0.25, -0.2) is 0 Å². The van der Waals surface area contributed by atoms with Crippen LogP contribution in [-0.4, -0.2) is 65.1 Å². The van der Waals surface area contributed by atoms with Crippen molar-refractivity contribution >= 4 is 15.9 Å². The number of rotatable bonds is 4. The van der Waals surface area contributed by atoms with Crippen LogP contribution in [-0.2, 0) is 0 Å². The summed E-state index contributed by atoms with van der Waals surface area (Å²) in [7, 11) is 0. The number of halogens is 1. The number of hydrogen-bond acceptors (Lipinski definition) is 3. The van der Waals surface area contributed by atoms with E-state index in [0.29, 0.717) is 5.33 Å². The van der Waals surface area contributed by atoms with Crippen molar-refractivity contribution < 1.29 is 5.11 Å². The lowest BCUT2D eigenvalue weighted by molar-refractivity contribution is 0.0672. The maximum Gasteiger partial charge on any atom is 0.0763 e. The van der Waals surface area contributed by atoms with E-state index in [-0.39, 0.29) is 6.10 Å². The first kappa shape index (κ1) is 13.8. The number of alkyl halides is 1. The summed E-state index contributed by atoms with van der Waals surface area (Å²) in [6.45, 7) is 5.78. The number of aliphatic hydroxyl groups excluding tert-OH is 1. The van der Waals surface area contributed by atoms with Gasteiger partial charge in [0, 0.05) is 17.9 Å². The zero-order valence-electron chi connectivity index (χ0n) is 10.7. The van der Waals surface area contributed by atoms with E-state index in [4.69, 9.17) is 0 Å². The zero-order chi connectivity index (χ0) is 12.1. The molecule has 2 heterocycles. The maximum absolute atomic E-state index is 9.63. The van der Waals surface area contributed by atoms with Crippen molar-refractivity contribution in [3.8, 4) is 0 Å². The molecule has 0 bridgehead atoms. The third-order valence-corrected chi connectivity index (χ3v) is 4.86. The predicted molar refractivity (Wildman–Crippen MR) is 74.7 cm³/mol. The van der Waals surface area contributed by atoms with E-state index in [0.717, 1.165) is 25.7 Å². The van der Waals surface area contributed by atoms with Gasteiger partial charge in [0.1, 0.15) is 0 Å². The highest BCUT2D eigenvalue weighted by atomic mass is 79.9. The standard InChI is InChI=1S/C13H25BrN2O/c14-10-13(17)11-15-8-4-12(5-9-15)16-6-2-1-3-7-16/h12-13,17H,1-11H2. The summed E-state index contributed by atoms with van der Waals surface area (Å²) in [5, 5.41) is 10.3. The van der Waals surface area contributed by atoms with Crippen LogP contribution in [0.25, 0.3) is 0 Å². The second kappa shape index (κ2) is 7.07. The van der Waals surface area contributed by atoms with Crippen molar-refractivity contribution in [1.29, 1.82) is 0 Å². The highest BCUT2D eigenvalue weighted by Crippen LogP contribution is 2.20. The molecule has 2 fully saturated rings. The minimum atomic E-state index is -0.207. The van der Waals surface area contributed by atoms with Crippen LogP contribution in [0, 0.1) is 0 Å². The SMILES string of the molecule is OC(CBr)CN1CCC(N2CCCCC2)CC1. The van der Waals surface area contributed by atoms with Crippen molar-refractivity contribution in [3.05, 3.63) is 0 Å². The number of likely N-dealkylation sites (tertiary alicyclic amines) is 2. The minimum Gasteiger partial charge on any atom is -0.391 e. The Morgan fingerprint density at radius 3 is 2.29 bits per heavy atom. The van der Waals surface area contributed by atoms with Gasteiger partial charge >= 0.3 is 0 Å². The van der Waals surface area contributed by atoms with Gasteiger partial charge in [-0.3, -0.25) is 0 Å². The Bertz CT molecular complexity index is 213. The first-order valence-corrected chi connectivity index (χ1v) is 8.12. The molecule has 2 aliphatic rings. The second-order valence-corrected chi connectivity index (χ2v) is 6.08. The third kappa shape index (κ3) is 4.19. The molecule has 2 rings (SSSR count). The first-order valence-electron chi connectivity index (χ1n) is 7.00. The molecule has 2 aliphatic heterocycles. The monoisotopic (exact) mass is 304 g/mol. The predicted octanol–water partition coefficient (Wildman–Crippen LogP) is 1.69. The van der Waals surface area contributed by atoms with Crippen LogP contribution >= 0.6 is 15.9 Å². The lowest BCUT2D eigenvalue weighted by Crippen LogP contribution is -2.48. The summed E-state index contributed by atoms with van der Waals surface area (Å²) in [5.41, 5.74) is 0. The van der Waals surface area contributed by atoms with Gasteiger partial charge < -0.3 is 14.9 Å². The zero-order valence-corrected chi connectivity index (χ0v) is 12.2. The third-order valence-electron chi connectivity index (χ3n) is 4.11. The molecule has 0 spiro atoms. The molecule has 0 radical (unpaired) electrons. The molecule has 0 saturated carbocycles. The van der Waals surface area contributed by atoms with Crippen LogP contribution < -0.4 is 0 Å². The molecule has 1 atom stereocenters.